The summed E-state index contributed by atoms with van der Waals surface area (Å²) >= 11 is 6.41. The van der Waals surface area contributed by atoms with Crippen LogP contribution in [0.3, 0.4) is 0 Å². The summed E-state index contributed by atoms with van der Waals surface area (Å²) in [7, 11) is 0. The molecule has 0 amide bonds. The normalized spacial score (nSPS) is 20.3. The molecule has 29 heavy (non-hydrogen) atoms. The topological polar surface area (TPSA) is 29.1 Å². The first kappa shape index (κ1) is 18.4. The smallest absolute Gasteiger partial charge is 0.162 e. The Morgan fingerprint density at radius 3 is 2.62 bits per heavy atom. The molecule has 1 aliphatic carbocycles. The van der Waals surface area contributed by atoms with Gasteiger partial charge in [-0.2, -0.15) is 0 Å². The fraction of sp³-hybridized carbons (Fsp3) is 0.240. The highest BCUT2D eigenvalue weighted by molar-refractivity contribution is 6.31. The van der Waals surface area contributed by atoms with E-state index in [0.717, 1.165) is 34.0 Å². The van der Waals surface area contributed by atoms with Crippen LogP contribution in [0.5, 0.6) is 0 Å². The molecule has 0 saturated heterocycles. The molecular weight excluding hydrogens is 385 g/mol. The van der Waals surface area contributed by atoms with Gasteiger partial charge in [-0.05, 0) is 46.4 Å². The van der Waals surface area contributed by atoms with E-state index in [1.807, 2.05) is 18.2 Å². The lowest BCUT2D eigenvalue weighted by Gasteiger charge is -2.40. The van der Waals surface area contributed by atoms with Crippen molar-refractivity contribution >= 4 is 39.4 Å². The zero-order chi connectivity index (χ0) is 20.3. The van der Waals surface area contributed by atoms with Crippen LogP contribution in [0.15, 0.2) is 60.2 Å². The number of ketones is 1. The standard InChI is InChI=1S/C25H21ClFNO/c1-25(2)12-16-21-15-7-4-3-6-14(15)10-11-19(21)28-24(22(16)20(29)13-25)23-17(26)8-5-9-18(23)27/h3-11,24,28H,12-13H2,1-2H3/t24-/m1/s1. The molecule has 1 N–H and O–H groups in total. The molecule has 1 aliphatic heterocycles. The summed E-state index contributed by atoms with van der Waals surface area (Å²) in [4.78, 5) is 13.3. The van der Waals surface area contributed by atoms with Crippen LogP contribution in [0.1, 0.15) is 43.9 Å². The maximum Gasteiger partial charge on any atom is 0.162 e. The summed E-state index contributed by atoms with van der Waals surface area (Å²) in [6.45, 7) is 4.24. The molecule has 0 aromatic heterocycles. The summed E-state index contributed by atoms with van der Waals surface area (Å²) in [6.07, 6.45) is 1.20. The Morgan fingerprint density at radius 1 is 1.03 bits per heavy atom. The van der Waals surface area contributed by atoms with Gasteiger partial charge < -0.3 is 5.32 Å². The number of rotatable bonds is 1. The zero-order valence-electron chi connectivity index (χ0n) is 16.4. The minimum absolute atomic E-state index is 0.0617. The van der Waals surface area contributed by atoms with Crippen molar-refractivity contribution in [1.29, 1.82) is 0 Å². The fourth-order valence-corrected chi connectivity index (χ4v) is 5.11. The minimum atomic E-state index is -0.587. The molecule has 3 aromatic rings. The van der Waals surface area contributed by atoms with Crippen molar-refractivity contribution in [2.24, 2.45) is 5.41 Å². The van der Waals surface area contributed by atoms with Crippen molar-refractivity contribution < 1.29 is 9.18 Å². The molecule has 1 heterocycles. The molecule has 2 nitrogen and oxygen atoms in total. The quantitative estimate of drug-likeness (QED) is 0.475. The molecule has 0 bridgehead atoms. The van der Waals surface area contributed by atoms with Crippen molar-refractivity contribution in [2.45, 2.75) is 32.7 Å². The number of anilines is 1. The number of halogens is 2. The zero-order valence-corrected chi connectivity index (χ0v) is 17.1. The predicted octanol–water partition coefficient (Wildman–Crippen LogP) is 6.94. The second kappa shape index (κ2) is 6.43. The first-order chi connectivity index (χ1) is 13.9. The van der Waals surface area contributed by atoms with Crippen LogP contribution < -0.4 is 5.32 Å². The second-order valence-corrected chi connectivity index (χ2v) is 9.16. The lowest BCUT2D eigenvalue weighted by Crippen LogP contribution is -2.33. The van der Waals surface area contributed by atoms with Crippen molar-refractivity contribution in [3.8, 4) is 0 Å². The van der Waals surface area contributed by atoms with Gasteiger partial charge in [-0.1, -0.05) is 61.8 Å². The van der Waals surface area contributed by atoms with E-state index in [9.17, 15) is 9.18 Å². The summed E-state index contributed by atoms with van der Waals surface area (Å²) in [6, 6.07) is 16.3. The lowest BCUT2D eigenvalue weighted by molar-refractivity contribution is -0.118. The van der Waals surface area contributed by atoms with Gasteiger partial charge in [0.15, 0.2) is 5.78 Å². The van der Waals surface area contributed by atoms with Gasteiger partial charge in [-0.15, -0.1) is 0 Å². The number of hydrogen-bond donors (Lipinski definition) is 1. The average molecular weight is 406 g/mol. The second-order valence-electron chi connectivity index (χ2n) is 8.76. The number of carbonyl (C=O) groups excluding carboxylic acids is 1. The SMILES string of the molecule is CC1(C)CC(=O)C2=C(C1)c1c(ccc3ccccc13)N[C@H]2c1c(F)cccc1Cl. The number of Topliss-reactive ketones (excluding diaryl/α,β-unsaturated/α-hetero) is 1. The molecule has 0 spiro atoms. The Morgan fingerprint density at radius 2 is 1.83 bits per heavy atom. The van der Waals surface area contributed by atoms with E-state index < -0.39 is 11.9 Å². The fourth-order valence-electron chi connectivity index (χ4n) is 4.84. The molecule has 3 aromatic carbocycles. The van der Waals surface area contributed by atoms with Crippen LogP contribution in [0.25, 0.3) is 16.3 Å². The number of hydrogen-bond acceptors (Lipinski definition) is 2. The Hall–Kier alpha value is -2.65. The van der Waals surface area contributed by atoms with E-state index >= 15 is 0 Å². The van der Waals surface area contributed by atoms with E-state index in [0.29, 0.717) is 22.6 Å². The van der Waals surface area contributed by atoms with Crippen molar-refractivity contribution in [1.82, 2.24) is 0 Å². The van der Waals surface area contributed by atoms with Crippen molar-refractivity contribution in [2.75, 3.05) is 5.32 Å². The van der Waals surface area contributed by atoms with Crippen LogP contribution in [-0.2, 0) is 4.79 Å². The molecule has 146 valence electrons. The molecule has 0 saturated carbocycles. The van der Waals surface area contributed by atoms with Crippen molar-refractivity contribution in [3.05, 3.63) is 82.1 Å². The maximum atomic E-state index is 14.8. The highest BCUT2D eigenvalue weighted by Gasteiger charge is 2.41. The lowest BCUT2D eigenvalue weighted by atomic mass is 9.68. The summed E-state index contributed by atoms with van der Waals surface area (Å²) in [5.74, 6) is -0.338. The van der Waals surface area contributed by atoms with Gasteiger partial charge in [0.1, 0.15) is 5.82 Å². The Labute approximate surface area is 174 Å². The van der Waals surface area contributed by atoms with Crippen LogP contribution in [0.4, 0.5) is 10.1 Å². The third-order valence-corrected chi connectivity index (χ3v) is 6.36. The van der Waals surface area contributed by atoms with Gasteiger partial charge in [0.25, 0.3) is 0 Å². The Kier molecular flexibility index (Phi) is 4.08. The van der Waals surface area contributed by atoms with E-state index in [1.54, 1.807) is 12.1 Å². The van der Waals surface area contributed by atoms with Crippen molar-refractivity contribution in [3.63, 3.8) is 0 Å². The number of carbonyl (C=O) groups is 1. The third-order valence-electron chi connectivity index (χ3n) is 6.03. The first-order valence-electron chi connectivity index (χ1n) is 9.84. The number of allylic oxidation sites excluding steroid dienone is 1. The molecular formula is C25H21ClFNO. The van der Waals surface area contributed by atoms with Crippen LogP contribution in [0, 0.1) is 11.2 Å². The molecule has 5 rings (SSSR count). The minimum Gasteiger partial charge on any atom is -0.373 e. The van der Waals surface area contributed by atoms with Gasteiger partial charge in [0.2, 0.25) is 0 Å². The molecule has 1 atom stereocenters. The summed E-state index contributed by atoms with van der Waals surface area (Å²) in [5.41, 5.74) is 3.83. The van der Waals surface area contributed by atoms with E-state index in [1.165, 1.54) is 6.07 Å². The molecule has 0 radical (unpaired) electrons. The highest BCUT2D eigenvalue weighted by Crippen LogP contribution is 2.52. The number of fused-ring (bicyclic) bond motifs is 4. The van der Waals surface area contributed by atoms with E-state index in [4.69, 9.17) is 11.6 Å². The van der Waals surface area contributed by atoms with Gasteiger partial charge in [0.05, 0.1) is 6.04 Å². The van der Waals surface area contributed by atoms with Gasteiger partial charge in [0, 0.05) is 33.8 Å². The summed E-state index contributed by atoms with van der Waals surface area (Å²) < 4.78 is 14.8. The van der Waals surface area contributed by atoms with Gasteiger partial charge in [-0.25, -0.2) is 4.39 Å². The number of nitrogens with one attached hydrogen (secondary N) is 1. The molecule has 0 unspecified atom stereocenters. The van der Waals surface area contributed by atoms with Crippen LogP contribution in [0.2, 0.25) is 5.02 Å². The predicted molar refractivity (Wildman–Crippen MR) is 117 cm³/mol. The highest BCUT2D eigenvalue weighted by atomic mass is 35.5. The largest absolute Gasteiger partial charge is 0.373 e. The Bertz CT molecular complexity index is 1190. The summed E-state index contributed by atoms with van der Waals surface area (Å²) in [5, 5.41) is 6.00. The number of benzene rings is 3. The average Bonchev–Trinajstić information content (AvgIpc) is 2.66. The van der Waals surface area contributed by atoms with Crippen LogP contribution >= 0.6 is 11.6 Å². The monoisotopic (exact) mass is 405 g/mol. The molecule has 0 fully saturated rings. The molecule has 4 heteroatoms. The first-order valence-corrected chi connectivity index (χ1v) is 10.2. The van der Waals surface area contributed by atoms with Crippen LogP contribution in [-0.4, -0.2) is 5.78 Å². The molecule has 2 aliphatic rings. The van der Waals surface area contributed by atoms with E-state index in [-0.39, 0.29) is 11.2 Å². The maximum absolute atomic E-state index is 14.8. The third kappa shape index (κ3) is 2.87. The van der Waals surface area contributed by atoms with E-state index in [2.05, 4.69) is 37.4 Å². The van der Waals surface area contributed by atoms with Gasteiger partial charge in [-0.3, -0.25) is 4.79 Å². The van der Waals surface area contributed by atoms with Gasteiger partial charge >= 0.3 is 0 Å². The Balaban J connectivity index is 1.84.